The van der Waals surface area contributed by atoms with Crippen molar-refractivity contribution in [3.8, 4) is 10.6 Å². The van der Waals surface area contributed by atoms with E-state index in [0.717, 1.165) is 39.3 Å². The zero-order chi connectivity index (χ0) is 19.7. The van der Waals surface area contributed by atoms with Crippen molar-refractivity contribution in [2.75, 3.05) is 5.73 Å². The molecule has 3 N–H and O–H groups in total. The molecule has 3 aromatic rings. The molecule has 0 fully saturated rings. The number of amides is 1. The monoisotopic (exact) mass is 394 g/mol. The highest BCUT2D eigenvalue weighted by atomic mass is 32.1. The van der Waals surface area contributed by atoms with Gasteiger partial charge in [-0.15, -0.1) is 11.3 Å². The third-order valence-corrected chi connectivity index (χ3v) is 6.02. The molecule has 1 aliphatic rings. The molecule has 0 spiro atoms. The van der Waals surface area contributed by atoms with Crippen molar-refractivity contribution >= 4 is 22.9 Å². The van der Waals surface area contributed by atoms with Crippen molar-refractivity contribution in [3.63, 3.8) is 0 Å². The fourth-order valence-electron chi connectivity index (χ4n) is 3.64. The topological polar surface area (TPSA) is 90.0 Å². The summed E-state index contributed by atoms with van der Waals surface area (Å²) in [4.78, 5) is 27.1. The Morgan fingerprint density at radius 3 is 2.93 bits per heavy atom. The number of rotatable bonds is 4. The molecule has 7 heteroatoms. The van der Waals surface area contributed by atoms with Gasteiger partial charge in [-0.25, -0.2) is 4.68 Å². The molecule has 6 nitrogen and oxygen atoms in total. The van der Waals surface area contributed by atoms with Crippen LogP contribution in [-0.4, -0.2) is 15.7 Å². The Balaban J connectivity index is 1.55. The van der Waals surface area contributed by atoms with Crippen LogP contribution >= 0.6 is 11.3 Å². The van der Waals surface area contributed by atoms with E-state index in [1.807, 2.05) is 31.2 Å². The van der Waals surface area contributed by atoms with E-state index in [4.69, 9.17) is 5.73 Å². The summed E-state index contributed by atoms with van der Waals surface area (Å²) in [6, 6.07) is 13.6. The molecule has 0 radical (unpaired) electrons. The quantitative estimate of drug-likeness (QED) is 0.712. The Bertz CT molecular complexity index is 1090. The molecular weight excluding hydrogens is 372 g/mol. The molecular formula is C21H22N4O2S. The van der Waals surface area contributed by atoms with Crippen molar-refractivity contribution in [2.24, 2.45) is 0 Å². The van der Waals surface area contributed by atoms with Crippen LogP contribution in [0.1, 0.15) is 34.9 Å². The summed E-state index contributed by atoms with van der Waals surface area (Å²) in [6.45, 7) is 1.85. The number of aryl methyl sites for hydroxylation is 2. The number of thiophene rings is 1. The largest absolute Gasteiger partial charge is 0.394 e. The van der Waals surface area contributed by atoms with Crippen LogP contribution in [0.4, 0.5) is 5.69 Å². The second-order valence-electron chi connectivity index (χ2n) is 7.07. The summed E-state index contributed by atoms with van der Waals surface area (Å²) in [5.41, 5.74) is 8.56. The van der Waals surface area contributed by atoms with Gasteiger partial charge in [0.05, 0.1) is 10.9 Å². The van der Waals surface area contributed by atoms with E-state index in [1.165, 1.54) is 5.56 Å². The van der Waals surface area contributed by atoms with Crippen LogP contribution in [0, 0.1) is 6.92 Å². The first-order valence-corrected chi connectivity index (χ1v) is 10.1. The number of carbonyl (C=O) groups excluding carboxylic acids is 1. The van der Waals surface area contributed by atoms with Crippen LogP contribution in [0.2, 0.25) is 0 Å². The molecule has 0 saturated heterocycles. The number of benzene rings is 1. The van der Waals surface area contributed by atoms with E-state index in [1.54, 1.807) is 17.4 Å². The van der Waals surface area contributed by atoms with Gasteiger partial charge in [-0.3, -0.25) is 9.59 Å². The first-order valence-electron chi connectivity index (χ1n) is 9.33. The van der Waals surface area contributed by atoms with E-state index < -0.39 is 5.56 Å². The van der Waals surface area contributed by atoms with Crippen molar-refractivity contribution < 1.29 is 4.79 Å². The minimum absolute atomic E-state index is 0.0337. The SMILES string of the molecule is Cc1ccc(-c2cc(N)c(=O)n(CC(=O)NC3CCCc4ccccc43)n2)s1. The summed E-state index contributed by atoms with van der Waals surface area (Å²) in [5, 5.41) is 7.42. The lowest BCUT2D eigenvalue weighted by Crippen LogP contribution is -2.37. The van der Waals surface area contributed by atoms with E-state index in [-0.39, 0.29) is 24.2 Å². The third kappa shape index (κ3) is 3.71. The molecule has 0 bridgehead atoms. The standard InChI is InChI=1S/C21H22N4O2S/c1-13-9-10-19(28-13)18-11-16(22)21(27)25(24-18)12-20(26)23-17-8-4-6-14-5-2-3-7-15(14)17/h2-3,5,7,9-11,17H,4,6,8,12,22H2,1H3,(H,23,26). The van der Waals surface area contributed by atoms with Gasteiger partial charge in [-0.05, 0) is 55.5 Å². The molecule has 0 saturated carbocycles. The Morgan fingerprint density at radius 1 is 1.32 bits per heavy atom. The van der Waals surface area contributed by atoms with Gasteiger partial charge >= 0.3 is 0 Å². The number of aromatic nitrogens is 2. The van der Waals surface area contributed by atoms with Crippen LogP contribution in [0.5, 0.6) is 0 Å². The maximum absolute atomic E-state index is 12.7. The van der Waals surface area contributed by atoms with Crippen molar-refractivity contribution in [3.05, 3.63) is 68.8 Å². The highest BCUT2D eigenvalue weighted by molar-refractivity contribution is 7.15. The predicted molar refractivity (Wildman–Crippen MR) is 111 cm³/mol. The molecule has 144 valence electrons. The van der Waals surface area contributed by atoms with Crippen LogP contribution in [-0.2, 0) is 17.8 Å². The predicted octanol–water partition coefficient (Wildman–Crippen LogP) is 3.06. The van der Waals surface area contributed by atoms with Crippen LogP contribution in [0.15, 0.2) is 47.3 Å². The van der Waals surface area contributed by atoms with Gasteiger partial charge < -0.3 is 11.1 Å². The number of carbonyl (C=O) groups is 1. The zero-order valence-electron chi connectivity index (χ0n) is 15.6. The number of anilines is 1. The summed E-state index contributed by atoms with van der Waals surface area (Å²) < 4.78 is 1.16. The van der Waals surface area contributed by atoms with E-state index in [0.29, 0.717) is 5.69 Å². The Kier molecular flexibility index (Phi) is 5.00. The van der Waals surface area contributed by atoms with Gasteiger partial charge in [0.2, 0.25) is 5.91 Å². The molecule has 2 heterocycles. The lowest BCUT2D eigenvalue weighted by atomic mass is 9.88. The maximum Gasteiger partial charge on any atom is 0.290 e. The molecule has 4 rings (SSSR count). The van der Waals surface area contributed by atoms with Gasteiger partial charge in [0.1, 0.15) is 17.9 Å². The van der Waals surface area contributed by atoms with Gasteiger partial charge in [-0.1, -0.05) is 24.3 Å². The smallest absolute Gasteiger partial charge is 0.290 e. The van der Waals surface area contributed by atoms with E-state index >= 15 is 0 Å². The minimum atomic E-state index is -0.448. The summed E-state index contributed by atoms with van der Waals surface area (Å²) in [7, 11) is 0. The number of nitrogens with one attached hydrogen (secondary N) is 1. The fourth-order valence-corrected chi connectivity index (χ4v) is 4.47. The third-order valence-electron chi connectivity index (χ3n) is 4.99. The van der Waals surface area contributed by atoms with Crippen molar-refractivity contribution in [1.82, 2.24) is 15.1 Å². The number of nitrogen functional groups attached to an aromatic ring is 1. The number of fused-ring (bicyclic) bond motifs is 1. The zero-order valence-corrected chi connectivity index (χ0v) is 16.5. The number of nitrogens with zero attached hydrogens (tertiary/aromatic N) is 2. The van der Waals surface area contributed by atoms with Gasteiger partial charge in [0, 0.05) is 4.88 Å². The van der Waals surface area contributed by atoms with Gasteiger partial charge in [-0.2, -0.15) is 5.10 Å². The Hall–Kier alpha value is -2.93. The molecule has 0 aliphatic heterocycles. The Morgan fingerprint density at radius 2 is 2.14 bits per heavy atom. The highest BCUT2D eigenvalue weighted by Gasteiger charge is 2.22. The van der Waals surface area contributed by atoms with Crippen LogP contribution in [0.25, 0.3) is 10.6 Å². The minimum Gasteiger partial charge on any atom is -0.394 e. The molecule has 28 heavy (non-hydrogen) atoms. The normalized spacial score (nSPS) is 15.8. The maximum atomic E-state index is 12.7. The first kappa shape index (κ1) is 18.4. The molecule has 1 aliphatic carbocycles. The van der Waals surface area contributed by atoms with Crippen molar-refractivity contribution in [2.45, 2.75) is 38.8 Å². The first-order chi connectivity index (χ1) is 13.5. The molecule has 2 aromatic heterocycles. The van der Waals surface area contributed by atoms with E-state index in [2.05, 4.69) is 22.5 Å². The van der Waals surface area contributed by atoms with Crippen LogP contribution in [0.3, 0.4) is 0 Å². The second kappa shape index (κ2) is 7.59. The molecule has 1 amide bonds. The van der Waals surface area contributed by atoms with Crippen molar-refractivity contribution in [1.29, 1.82) is 0 Å². The lowest BCUT2D eigenvalue weighted by molar-refractivity contribution is -0.122. The second-order valence-corrected chi connectivity index (χ2v) is 8.36. The number of nitrogens with two attached hydrogens (primary N) is 1. The Labute approximate surface area is 167 Å². The summed E-state index contributed by atoms with van der Waals surface area (Å²) in [6.07, 6.45) is 2.95. The molecule has 1 unspecified atom stereocenters. The van der Waals surface area contributed by atoms with Crippen LogP contribution < -0.4 is 16.6 Å². The number of hydrogen-bond acceptors (Lipinski definition) is 5. The average molecular weight is 395 g/mol. The van der Waals surface area contributed by atoms with Gasteiger partial charge in [0.25, 0.3) is 5.56 Å². The lowest BCUT2D eigenvalue weighted by Gasteiger charge is -2.26. The highest BCUT2D eigenvalue weighted by Crippen LogP contribution is 2.29. The number of hydrogen-bond donors (Lipinski definition) is 2. The average Bonchev–Trinajstić information content (AvgIpc) is 3.12. The fraction of sp³-hybridized carbons (Fsp3) is 0.286. The van der Waals surface area contributed by atoms with Gasteiger partial charge in [0.15, 0.2) is 0 Å². The summed E-state index contributed by atoms with van der Waals surface area (Å²) in [5.74, 6) is -0.241. The summed E-state index contributed by atoms with van der Waals surface area (Å²) >= 11 is 1.57. The molecule has 1 atom stereocenters. The molecule has 1 aromatic carbocycles. The van der Waals surface area contributed by atoms with E-state index in [9.17, 15) is 9.59 Å².